The lowest BCUT2D eigenvalue weighted by Gasteiger charge is -2.14. The van der Waals surface area contributed by atoms with E-state index < -0.39 is 0 Å². The van der Waals surface area contributed by atoms with Gasteiger partial charge in [0.2, 0.25) is 0 Å². The molecule has 0 aliphatic rings. The van der Waals surface area contributed by atoms with Crippen molar-refractivity contribution < 1.29 is 4.74 Å². The van der Waals surface area contributed by atoms with E-state index in [2.05, 4.69) is 18.9 Å². The summed E-state index contributed by atoms with van der Waals surface area (Å²) in [6.45, 7) is 6.09. The number of hydrazine groups is 1. The topological polar surface area (TPSA) is 47.3 Å². The van der Waals surface area contributed by atoms with Crippen LogP contribution in [0.5, 0.6) is 5.75 Å². The SMILES string of the molecule is C=C(CC)CC(NN)c1cc(OC)cs1. The molecule has 1 aromatic rings. The second-order valence-electron chi connectivity index (χ2n) is 3.42. The fraction of sp³-hybridized carbons (Fsp3) is 0.455. The standard InChI is InChI=1S/C11H18N2OS/c1-4-8(2)5-10(13-12)11-6-9(14-3)7-15-11/h6-7,10,13H,2,4-5,12H2,1,3H3. The van der Waals surface area contributed by atoms with Crippen LogP contribution in [0.15, 0.2) is 23.6 Å². The summed E-state index contributed by atoms with van der Waals surface area (Å²) in [5.74, 6) is 6.42. The van der Waals surface area contributed by atoms with Crippen molar-refractivity contribution >= 4 is 11.3 Å². The van der Waals surface area contributed by atoms with E-state index in [4.69, 9.17) is 10.6 Å². The summed E-state index contributed by atoms with van der Waals surface area (Å²) in [6.07, 6.45) is 1.86. The smallest absolute Gasteiger partial charge is 0.129 e. The summed E-state index contributed by atoms with van der Waals surface area (Å²) < 4.78 is 5.14. The van der Waals surface area contributed by atoms with Crippen LogP contribution < -0.4 is 16.0 Å². The Morgan fingerprint density at radius 3 is 2.93 bits per heavy atom. The normalized spacial score (nSPS) is 12.5. The van der Waals surface area contributed by atoms with Gasteiger partial charge in [-0.05, 0) is 18.9 Å². The highest BCUT2D eigenvalue weighted by Gasteiger charge is 2.13. The number of hydrogen-bond acceptors (Lipinski definition) is 4. The lowest BCUT2D eigenvalue weighted by atomic mass is 10.1. The first kappa shape index (κ1) is 12.2. The molecule has 0 fully saturated rings. The molecule has 0 saturated heterocycles. The molecule has 1 aromatic heterocycles. The summed E-state index contributed by atoms with van der Waals surface area (Å²) in [5.41, 5.74) is 4.01. The summed E-state index contributed by atoms with van der Waals surface area (Å²) in [7, 11) is 1.67. The molecule has 1 heterocycles. The molecule has 84 valence electrons. The van der Waals surface area contributed by atoms with Crippen LogP contribution in [0.2, 0.25) is 0 Å². The van der Waals surface area contributed by atoms with Crippen molar-refractivity contribution in [3.05, 3.63) is 28.5 Å². The molecule has 0 aliphatic carbocycles. The van der Waals surface area contributed by atoms with Crippen LogP contribution in [0.25, 0.3) is 0 Å². The quantitative estimate of drug-likeness (QED) is 0.445. The van der Waals surface area contributed by atoms with Gasteiger partial charge in [0.25, 0.3) is 0 Å². The van der Waals surface area contributed by atoms with E-state index >= 15 is 0 Å². The van der Waals surface area contributed by atoms with Crippen LogP contribution in [0.3, 0.4) is 0 Å². The van der Waals surface area contributed by atoms with Gasteiger partial charge in [0.15, 0.2) is 0 Å². The van der Waals surface area contributed by atoms with Gasteiger partial charge in [-0.15, -0.1) is 11.3 Å². The maximum absolute atomic E-state index is 5.53. The zero-order valence-corrected chi connectivity index (χ0v) is 10.1. The van der Waals surface area contributed by atoms with E-state index in [0.29, 0.717) is 0 Å². The predicted molar refractivity (Wildman–Crippen MR) is 65.0 cm³/mol. The van der Waals surface area contributed by atoms with Gasteiger partial charge >= 0.3 is 0 Å². The minimum Gasteiger partial charge on any atom is -0.496 e. The number of thiophene rings is 1. The van der Waals surface area contributed by atoms with E-state index in [-0.39, 0.29) is 6.04 Å². The van der Waals surface area contributed by atoms with Gasteiger partial charge in [0.1, 0.15) is 5.75 Å². The van der Waals surface area contributed by atoms with Crippen LogP contribution in [0.1, 0.15) is 30.7 Å². The van der Waals surface area contributed by atoms with E-state index in [0.717, 1.165) is 18.6 Å². The molecule has 0 aromatic carbocycles. The zero-order chi connectivity index (χ0) is 11.3. The van der Waals surface area contributed by atoms with Gasteiger partial charge in [-0.1, -0.05) is 19.1 Å². The highest BCUT2D eigenvalue weighted by Crippen LogP contribution is 2.30. The third-order valence-corrected chi connectivity index (χ3v) is 3.39. The lowest BCUT2D eigenvalue weighted by molar-refractivity contribution is 0.415. The molecule has 0 amide bonds. The first-order valence-corrected chi connectivity index (χ1v) is 5.84. The Morgan fingerprint density at radius 2 is 2.47 bits per heavy atom. The molecule has 1 atom stereocenters. The van der Waals surface area contributed by atoms with Crippen LogP contribution in [0.4, 0.5) is 0 Å². The number of hydrogen-bond donors (Lipinski definition) is 2. The van der Waals surface area contributed by atoms with Gasteiger partial charge in [-0.2, -0.15) is 0 Å². The fourth-order valence-electron chi connectivity index (χ4n) is 1.30. The van der Waals surface area contributed by atoms with Crippen molar-refractivity contribution in [3.8, 4) is 5.75 Å². The number of nitrogens with one attached hydrogen (secondary N) is 1. The van der Waals surface area contributed by atoms with Crippen LogP contribution in [-0.2, 0) is 0 Å². The number of methoxy groups -OCH3 is 1. The Bertz CT molecular complexity index is 322. The second-order valence-corrected chi connectivity index (χ2v) is 4.36. The summed E-state index contributed by atoms with van der Waals surface area (Å²) in [5, 5.41) is 1.98. The van der Waals surface area contributed by atoms with Crippen molar-refractivity contribution in [3.63, 3.8) is 0 Å². The third-order valence-electron chi connectivity index (χ3n) is 2.37. The van der Waals surface area contributed by atoms with Crippen LogP contribution in [0, 0.1) is 0 Å². The Balaban J connectivity index is 2.69. The molecule has 0 bridgehead atoms. The minimum absolute atomic E-state index is 0.145. The molecular formula is C11H18N2OS. The summed E-state index contributed by atoms with van der Waals surface area (Å²) in [6, 6.07) is 2.16. The molecule has 1 unspecified atom stereocenters. The Morgan fingerprint density at radius 1 is 1.73 bits per heavy atom. The molecular weight excluding hydrogens is 208 g/mol. The molecule has 1 rings (SSSR count). The number of nitrogens with two attached hydrogens (primary N) is 1. The number of ether oxygens (including phenoxy) is 1. The van der Waals surface area contributed by atoms with Crippen molar-refractivity contribution in [1.29, 1.82) is 0 Å². The first-order valence-electron chi connectivity index (χ1n) is 4.96. The lowest BCUT2D eigenvalue weighted by Crippen LogP contribution is -2.27. The van der Waals surface area contributed by atoms with Crippen LogP contribution in [-0.4, -0.2) is 7.11 Å². The number of rotatable bonds is 6. The molecule has 0 aliphatic heterocycles. The molecule has 3 N–H and O–H groups in total. The van der Waals surface area contributed by atoms with E-state index in [9.17, 15) is 0 Å². The van der Waals surface area contributed by atoms with E-state index in [1.165, 1.54) is 10.5 Å². The maximum Gasteiger partial charge on any atom is 0.129 e. The molecule has 3 nitrogen and oxygen atoms in total. The molecule has 0 radical (unpaired) electrons. The van der Waals surface area contributed by atoms with Crippen molar-refractivity contribution in [2.45, 2.75) is 25.8 Å². The Hall–Kier alpha value is -0.840. The van der Waals surface area contributed by atoms with Gasteiger partial charge in [-0.25, -0.2) is 0 Å². The fourth-order valence-corrected chi connectivity index (χ4v) is 2.22. The average molecular weight is 226 g/mol. The molecule has 0 saturated carbocycles. The van der Waals surface area contributed by atoms with Crippen molar-refractivity contribution in [2.75, 3.05) is 7.11 Å². The second kappa shape index (κ2) is 5.90. The largest absolute Gasteiger partial charge is 0.496 e. The van der Waals surface area contributed by atoms with Gasteiger partial charge in [0.05, 0.1) is 13.2 Å². The third kappa shape index (κ3) is 3.34. The predicted octanol–water partition coefficient (Wildman–Crippen LogP) is 2.62. The highest BCUT2D eigenvalue weighted by atomic mass is 32.1. The summed E-state index contributed by atoms with van der Waals surface area (Å²) in [4.78, 5) is 1.18. The van der Waals surface area contributed by atoms with Crippen molar-refractivity contribution in [2.24, 2.45) is 5.84 Å². The van der Waals surface area contributed by atoms with E-state index in [1.54, 1.807) is 18.4 Å². The first-order chi connectivity index (χ1) is 7.21. The van der Waals surface area contributed by atoms with Gasteiger partial charge < -0.3 is 4.74 Å². The minimum atomic E-state index is 0.145. The molecule has 4 heteroatoms. The highest BCUT2D eigenvalue weighted by molar-refractivity contribution is 7.10. The zero-order valence-electron chi connectivity index (χ0n) is 9.25. The molecule has 0 spiro atoms. The monoisotopic (exact) mass is 226 g/mol. The maximum atomic E-state index is 5.53. The Kier molecular flexibility index (Phi) is 4.81. The van der Waals surface area contributed by atoms with Gasteiger partial charge in [0, 0.05) is 10.3 Å². The van der Waals surface area contributed by atoms with E-state index in [1.807, 2.05) is 11.4 Å². The van der Waals surface area contributed by atoms with Crippen molar-refractivity contribution in [1.82, 2.24) is 5.43 Å². The van der Waals surface area contributed by atoms with Crippen LogP contribution >= 0.6 is 11.3 Å². The molecule has 15 heavy (non-hydrogen) atoms. The summed E-state index contributed by atoms with van der Waals surface area (Å²) >= 11 is 1.65. The Labute approximate surface area is 94.9 Å². The average Bonchev–Trinajstić information content (AvgIpc) is 2.73. The van der Waals surface area contributed by atoms with Gasteiger partial charge in [-0.3, -0.25) is 11.3 Å².